The van der Waals surface area contributed by atoms with E-state index in [1.165, 1.54) is 25.7 Å². The predicted octanol–water partition coefficient (Wildman–Crippen LogP) is 1.95. The molecule has 0 aromatic rings. The van der Waals surface area contributed by atoms with Crippen LogP contribution in [0.15, 0.2) is 0 Å². The Kier molecular flexibility index (Phi) is 10.6. The van der Waals surface area contributed by atoms with Gasteiger partial charge < -0.3 is 5.32 Å². The Balaban J connectivity index is 3.33. The molecule has 0 aliphatic rings. The lowest BCUT2D eigenvalue weighted by Gasteiger charge is -2.14. The van der Waals surface area contributed by atoms with E-state index >= 15 is 0 Å². The van der Waals surface area contributed by atoms with Crippen LogP contribution in [0.1, 0.15) is 39.5 Å². The van der Waals surface area contributed by atoms with Crippen LogP contribution in [0, 0.1) is 5.92 Å². The lowest BCUT2D eigenvalue weighted by atomic mass is 9.99. The Labute approximate surface area is 95.3 Å². The third kappa shape index (κ3) is 10.3. The first-order valence-electron chi connectivity index (χ1n) is 5.65. The van der Waals surface area contributed by atoms with E-state index in [4.69, 9.17) is 4.55 Å². The van der Waals surface area contributed by atoms with Gasteiger partial charge in [0.05, 0.1) is 6.61 Å². The zero-order chi connectivity index (χ0) is 11.5. The van der Waals surface area contributed by atoms with Crippen molar-refractivity contribution in [2.75, 3.05) is 19.7 Å². The Hall–Kier alpha value is 0.0300. The molecule has 0 aliphatic heterocycles. The van der Waals surface area contributed by atoms with Gasteiger partial charge in [0.1, 0.15) is 0 Å². The molecule has 0 spiro atoms. The largest absolute Gasteiger partial charge is 0.314 e. The second-order valence-corrected chi connectivity index (χ2v) is 4.33. The van der Waals surface area contributed by atoms with Crippen LogP contribution < -0.4 is 5.32 Å². The molecule has 0 radical (unpaired) electrons. The fraction of sp³-hybridized carbons (Fsp3) is 1.00. The molecule has 2 unspecified atom stereocenters. The first kappa shape index (κ1) is 15.0. The van der Waals surface area contributed by atoms with E-state index in [2.05, 4.69) is 23.3 Å². The van der Waals surface area contributed by atoms with Crippen molar-refractivity contribution in [2.45, 2.75) is 39.5 Å². The molecular formula is C10H23NO3S. The molecular weight excluding hydrogens is 214 g/mol. The topological polar surface area (TPSA) is 58.6 Å². The van der Waals surface area contributed by atoms with Gasteiger partial charge in [0.25, 0.3) is 0 Å². The SMILES string of the molecule is CCCCC(CC)CNCCOS(=O)O. The van der Waals surface area contributed by atoms with Gasteiger partial charge in [0.15, 0.2) is 0 Å². The van der Waals surface area contributed by atoms with Crippen molar-refractivity contribution < 1.29 is 12.9 Å². The normalized spacial score (nSPS) is 15.1. The molecule has 0 fully saturated rings. The fourth-order valence-corrected chi connectivity index (χ4v) is 1.66. The van der Waals surface area contributed by atoms with Crippen LogP contribution in [0.5, 0.6) is 0 Å². The van der Waals surface area contributed by atoms with Crippen LogP contribution in [-0.2, 0) is 15.5 Å². The summed E-state index contributed by atoms with van der Waals surface area (Å²) in [5, 5.41) is 3.23. The molecule has 2 N–H and O–H groups in total. The van der Waals surface area contributed by atoms with Crippen LogP contribution >= 0.6 is 0 Å². The molecule has 2 atom stereocenters. The minimum atomic E-state index is -2.13. The minimum absolute atomic E-state index is 0.285. The molecule has 0 saturated carbocycles. The molecule has 4 nitrogen and oxygen atoms in total. The first-order chi connectivity index (χ1) is 7.20. The standard InChI is InChI=1S/C10H23NO3S/c1-3-5-6-10(4-2)9-11-7-8-14-15(12)13/h10-11H,3-9H2,1-2H3,(H,12,13). The van der Waals surface area contributed by atoms with Crippen molar-refractivity contribution in [3.63, 3.8) is 0 Å². The van der Waals surface area contributed by atoms with Crippen LogP contribution in [0.4, 0.5) is 0 Å². The lowest BCUT2D eigenvalue weighted by molar-refractivity contribution is 0.297. The lowest BCUT2D eigenvalue weighted by Crippen LogP contribution is -2.26. The molecule has 0 amide bonds. The summed E-state index contributed by atoms with van der Waals surface area (Å²) < 4.78 is 23.0. The van der Waals surface area contributed by atoms with Gasteiger partial charge in [-0.05, 0) is 18.9 Å². The maximum atomic E-state index is 10.2. The van der Waals surface area contributed by atoms with Crippen LogP contribution in [-0.4, -0.2) is 28.5 Å². The monoisotopic (exact) mass is 237 g/mol. The highest BCUT2D eigenvalue weighted by Crippen LogP contribution is 2.10. The molecule has 92 valence electrons. The summed E-state index contributed by atoms with van der Waals surface area (Å²) >= 11 is -2.13. The van der Waals surface area contributed by atoms with E-state index in [0.717, 1.165) is 6.54 Å². The average molecular weight is 237 g/mol. The smallest absolute Gasteiger partial charge is 0.301 e. The summed E-state index contributed by atoms with van der Waals surface area (Å²) in [6.45, 7) is 6.28. The van der Waals surface area contributed by atoms with Crippen molar-refractivity contribution in [1.29, 1.82) is 0 Å². The maximum absolute atomic E-state index is 10.2. The van der Waals surface area contributed by atoms with Crippen LogP contribution in [0.25, 0.3) is 0 Å². The highest BCUT2D eigenvalue weighted by Gasteiger charge is 2.04. The van der Waals surface area contributed by atoms with Gasteiger partial charge >= 0.3 is 11.4 Å². The van der Waals surface area contributed by atoms with E-state index < -0.39 is 11.4 Å². The first-order valence-corrected chi connectivity index (χ1v) is 6.68. The van der Waals surface area contributed by atoms with E-state index in [1.807, 2.05) is 0 Å². The van der Waals surface area contributed by atoms with Gasteiger partial charge in [-0.25, -0.2) is 0 Å². The van der Waals surface area contributed by atoms with Crippen LogP contribution in [0.2, 0.25) is 0 Å². The zero-order valence-corrected chi connectivity index (χ0v) is 10.5. The number of hydrogen-bond acceptors (Lipinski definition) is 3. The van der Waals surface area contributed by atoms with E-state index in [0.29, 0.717) is 12.5 Å². The van der Waals surface area contributed by atoms with E-state index in [1.54, 1.807) is 0 Å². The molecule has 0 saturated heterocycles. The molecule has 0 heterocycles. The Morgan fingerprint density at radius 3 is 2.73 bits per heavy atom. The Morgan fingerprint density at radius 2 is 2.20 bits per heavy atom. The minimum Gasteiger partial charge on any atom is -0.314 e. The number of unbranched alkanes of at least 4 members (excludes halogenated alkanes) is 1. The Morgan fingerprint density at radius 1 is 1.47 bits per heavy atom. The van der Waals surface area contributed by atoms with Gasteiger partial charge in [-0.2, -0.15) is 4.21 Å². The summed E-state index contributed by atoms with van der Waals surface area (Å²) in [5.74, 6) is 0.713. The fourth-order valence-electron chi connectivity index (χ4n) is 1.43. The summed E-state index contributed by atoms with van der Waals surface area (Å²) in [6.07, 6.45) is 4.95. The third-order valence-corrected chi connectivity index (χ3v) is 2.81. The molecule has 5 heteroatoms. The highest BCUT2D eigenvalue weighted by atomic mass is 32.2. The highest BCUT2D eigenvalue weighted by molar-refractivity contribution is 7.74. The van der Waals surface area contributed by atoms with Gasteiger partial charge in [-0.15, -0.1) is 0 Å². The van der Waals surface area contributed by atoms with Crippen LogP contribution in [0.3, 0.4) is 0 Å². The second-order valence-electron chi connectivity index (χ2n) is 3.66. The maximum Gasteiger partial charge on any atom is 0.301 e. The second kappa shape index (κ2) is 10.5. The zero-order valence-electron chi connectivity index (χ0n) is 9.70. The molecule has 0 bridgehead atoms. The molecule has 15 heavy (non-hydrogen) atoms. The summed E-state index contributed by atoms with van der Waals surface area (Å²) in [5.41, 5.74) is 0. The number of hydrogen-bond donors (Lipinski definition) is 2. The van der Waals surface area contributed by atoms with Gasteiger partial charge in [-0.3, -0.25) is 8.74 Å². The third-order valence-electron chi connectivity index (χ3n) is 2.44. The molecule has 0 aromatic heterocycles. The number of nitrogens with one attached hydrogen (secondary N) is 1. The summed E-state index contributed by atoms with van der Waals surface area (Å²) in [7, 11) is 0. The van der Waals surface area contributed by atoms with Gasteiger partial charge in [-0.1, -0.05) is 33.1 Å². The van der Waals surface area contributed by atoms with Crippen molar-refractivity contribution >= 4 is 11.4 Å². The molecule has 0 aromatic carbocycles. The summed E-state index contributed by atoms with van der Waals surface area (Å²) in [6, 6.07) is 0. The summed E-state index contributed by atoms with van der Waals surface area (Å²) in [4.78, 5) is 0. The predicted molar refractivity (Wildman–Crippen MR) is 62.9 cm³/mol. The molecule has 0 rings (SSSR count). The molecule has 0 aliphatic carbocycles. The van der Waals surface area contributed by atoms with Crippen molar-refractivity contribution in [3.8, 4) is 0 Å². The van der Waals surface area contributed by atoms with E-state index in [-0.39, 0.29) is 6.61 Å². The van der Waals surface area contributed by atoms with E-state index in [9.17, 15) is 4.21 Å². The Bertz CT molecular complexity index is 167. The van der Waals surface area contributed by atoms with Crippen molar-refractivity contribution in [3.05, 3.63) is 0 Å². The van der Waals surface area contributed by atoms with Gasteiger partial charge in [0, 0.05) is 6.54 Å². The quantitative estimate of drug-likeness (QED) is 0.450. The number of rotatable bonds is 10. The average Bonchev–Trinajstić information content (AvgIpc) is 2.21. The van der Waals surface area contributed by atoms with Crippen molar-refractivity contribution in [1.82, 2.24) is 5.32 Å². The van der Waals surface area contributed by atoms with Crippen molar-refractivity contribution in [2.24, 2.45) is 5.92 Å². The van der Waals surface area contributed by atoms with Gasteiger partial charge in [0.2, 0.25) is 0 Å².